The fourth-order valence-electron chi connectivity index (χ4n) is 2.69. The quantitative estimate of drug-likeness (QED) is 0.805. The smallest absolute Gasteiger partial charge is 0.127 e. The third-order valence-electron chi connectivity index (χ3n) is 3.61. The van der Waals surface area contributed by atoms with Crippen LogP contribution in [-0.4, -0.2) is 42.8 Å². The molecule has 0 bridgehead atoms. The van der Waals surface area contributed by atoms with Gasteiger partial charge in [0.25, 0.3) is 0 Å². The molecule has 0 saturated carbocycles. The van der Waals surface area contributed by atoms with Gasteiger partial charge in [-0.1, -0.05) is 0 Å². The zero-order chi connectivity index (χ0) is 11.8. The van der Waals surface area contributed by atoms with Crippen molar-refractivity contribution in [3.63, 3.8) is 0 Å². The molecule has 3 rings (SSSR count). The number of rotatable bonds is 2. The van der Waals surface area contributed by atoms with Crippen LogP contribution in [0.25, 0.3) is 0 Å². The molecule has 2 N–H and O–H groups in total. The summed E-state index contributed by atoms with van der Waals surface area (Å²) < 4.78 is 5.59. The van der Waals surface area contributed by atoms with Crippen LogP contribution in [0.15, 0.2) is 18.2 Å². The van der Waals surface area contributed by atoms with Gasteiger partial charge in [-0.25, -0.2) is 0 Å². The molecular formula is C13H18N2O2. The summed E-state index contributed by atoms with van der Waals surface area (Å²) in [5, 5.41) is 13.0. The number of hydrogen-bond donors (Lipinski definition) is 2. The maximum Gasteiger partial charge on any atom is 0.127 e. The van der Waals surface area contributed by atoms with E-state index in [2.05, 4.69) is 17.3 Å². The number of hydrogen-bond acceptors (Lipinski definition) is 4. The Morgan fingerprint density at radius 2 is 2.35 bits per heavy atom. The zero-order valence-corrected chi connectivity index (χ0v) is 10.0. The van der Waals surface area contributed by atoms with Crippen LogP contribution >= 0.6 is 0 Å². The first-order valence-electron chi connectivity index (χ1n) is 6.12. The summed E-state index contributed by atoms with van der Waals surface area (Å²) in [5.41, 5.74) is 1.16. The molecule has 2 unspecified atom stereocenters. The first-order chi connectivity index (χ1) is 8.22. The first-order valence-corrected chi connectivity index (χ1v) is 6.12. The molecule has 92 valence electrons. The lowest BCUT2D eigenvalue weighted by Gasteiger charge is -2.17. The summed E-state index contributed by atoms with van der Waals surface area (Å²) in [5.74, 6) is 1.08. The largest absolute Gasteiger partial charge is 0.508 e. The Morgan fingerprint density at radius 3 is 3.12 bits per heavy atom. The van der Waals surface area contributed by atoms with Crippen molar-refractivity contribution in [3.05, 3.63) is 23.8 Å². The van der Waals surface area contributed by atoms with Crippen LogP contribution < -0.4 is 10.1 Å². The van der Waals surface area contributed by atoms with Crippen LogP contribution in [0.5, 0.6) is 11.5 Å². The van der Waals surface area contributed by atoms with Gasteiger partial charge in [-0.2, -0.15) is 0 Å². The van der Waals surface area contributed by atoms with E-state index in [1.165, 1.54) is 6.42 Å². The second kappa shape index (κ2) is 4.20. The minimum atomic E-state index is 0.266. The molecular weight excluding hydrogens is 216 g/mol. The van der Waals surface area contributed by atoms with E-state index in [4.69, 9.17) is 4.74 Å². The molecule has 0 radical (unpaired) electrons. The van der Waals surface area contributed by atoms with E-state index in [-0.39, 0.29) is 11.8 Å². The molecule has 2 aliphatic rings. The SMILES string of the molecule is CN1CCC(NC2COc3cc(O)ccc32)C1. The molecule has 2 atom stereocenters. The van der Waals surface area contributed by atoms with Crippen molar-refractivity contribution in [3.8, 4) is 11.5 Å². The van der Waals surface area contributed by atoms with E-state index < -0.39 is 0 Å². The molecule has 0 amide bonds. The number of phenolic OH excluding ortho intramolecular Hbond substituents is 1. The van der Waals surface area contributed by atoms with Crippen molar-refractivity contribution in [2.75, 3.05) is 26.7 Å². The molecule has 1 aromatic carbocycles. The Labute approximate surface area is 101 Å². The van der Waals surface area contributed by atoms with Crippen LogP contribution in [-0.2, 0) is 0 Å². The maximum absolute atomic E-state index is 9.39. The predicted octanol–water partition coefficient (Wildman–Crippen LogP) is 1.12. The van der Waals surface area contributed by atoms with E-state index in [1.807, 2.05) is 6.07 Å². The van der Waals surface area contributed by atoms with Crippen molar-refractivity contribution in [2.45, 2.75) is 18.5 Å². The predicted molar refractivity (Wildman–Crippen MR) is 65.4 cm³/mol. The molecule has 1 aromatic rings. The number of phenols is 1. The van der Waals surface area contributed by atoms with Gasteiger partial charge in [0.2, 0.25) is 0 Å². The van der Waals surface area contributed by atoms with Crippen LogP contribution in [0.3, 0.4) is 0 Å². The summed E-state index contributed by atoms with van der Waals surface area (Å²) >= 11 is 0. The molecule has 4 heteroatoms. The summed E-state index contributed by atoms with van der Waals surface area (Å²) in [4.78, 5) is 2.34. The molecule has 1 fully saturated rings. The van der Waals surface area contributed by atoms with Gasteiger partial charge in [0, 0.05) is 24.2 Å². The van der Waals surface area contributed by atoms with E-state index in [0.717, 1.165) is 24.4 Å². The number of aromatic hydroxyl groups is 1. The maximum atomic E-state index is 9.39. The average Bonchev–Trinajstić information content (AvgIpc) is 2.86. The Hall–Kier alpha value is -1.26. The molecule has 2 aliphatic heterocycles. The van der Waals surface area contributed by atoms with Gasteiger partial charge < -0.3 is 20.1 Å². The number of nitrogens with one attached hydrogen (secondary N) is 1. The molecule has 0 spiro atoms. The molecule has 0 aliphatic carbocycles. The van der Waals surface area contributed by atoms with Crippen molar-refractivity contribution >= 4 is 0 Å². The molecule has 4 nitrogen and oxygen atoms in total. The zero-order valence-electron chi connectivity index (χ0n) is 10.0. The monoisotopic (exact) mass is 234 g/mol. The summed E-state index contributed by atoms with van der Waals surface area (Å²) in [6.45, 7) is 2.93. The van der Waals surface area contributed by atoms with Gasteiger partial charge in [0.15, 0.2) is 0 Å². The van der Waals surface area contributed by atoms with Gasteiger partial charge in [-0.05, 0) is 32.1 Å². The van der Waals surface area contributed by atoms with Gasteiger partial charge in [0.1, 0.15) is 18.1 Å². The Balaban J connectivity index is 1.71. The number of likely N-dealkylation sites (tertiary alicyclic amines) is 1. The van der Waals surface area contributed by atoms with Gasteiger partial charge in [-0.15, -0.1) is 0 Å². The lowest BCUT2D eigenvalue weighted by Crippen LogP contribution is -2.35. The number of likely N-dealkylation sites (N-methyl/N-ethyl adjacent to an activating group) is 1. The van der Waals surface area contributed by atoms with Gasteiger partial charge in [-0.3, -0.25) is 0 Å². The van der Waals surface area contributed by atoms with Crippen molar-refractivity contribution in [1.82, 2.24) is 10.2 Å². The molecule has 17 heavy (non-hydrogen) atoms. The molecule has 1 saturated heterocycles. The third kappa shape index (κ3) is 2.10. The topological polar surface area (TPSA) is 44.7 Å². The Bertz CT molecular complexity index is 422. The highest BCUT2D eigenvalue weighted by molar-refractivity contribution is 5.44. The highest BCUT2D eigenvalue weighted by Gasteiger charge is 2.28. The van der Waals surface area contributed by atoms with Gasteiger partial charge in [0.05, 0.1) is 6.04 Å². The number of benzene rings is 1. The third-order valence-corrected chi connectivity index (χ3v) is 3.61. The number of fused-ring (bicyclic) bond motifs is 1. The van der Waals surface area contributed by atoms with E-state index >= 15 is 0 Å². The summed E-state index contributed by atoms with van der Waals surface area (Å²) in [7, 11) is 2.15. The number of nitrogens with zero attached hydrogens (tertiary/aromatic N) is 1. The summed E-state index contributed by atoms with van der Waals surface area (Å²) in [6, 6.07) is 6.19. The van der Waals surface area contributed by atoms with Crippen molar-refractivity contribution in [2.24, 2.45) is 0 Å². The minimum Gasteiger partial charge on any atom is -0.508 e. The van der Waals surface area contributed by atoms with E-state index in [0.29, 0.717) is 12.6 Å². The Kier molecular flexibility index (Phi) is 2.68. The minimum absolute atomic E-state index is 0.266. The van der Waals surface area contributed by atoms with E-state index in [9.17, 15) is 5.11 Å². The van der Waals surface area contributed by atoms with Crippen molar-refractivity contribution in [1.29, 1.82) is 0 Å². The number of ether oxygens (including phenoxy) is 1. The Morgan fingerprint density at radius 1 is 1.47 bits per heavy atom. The second-order valence-corrected chi connectivity index (χ2v) is 5.00. The summed E-state index contributed by atoms with van der Waals surface area (Å²) in [6.07, 6.45) is 1.19. The van der Waals surface area contributed by atoms with Crippen LogP contribution in [0.2, 0.25) is 0 Å². The molecule has 2 heterocycles. The fourth-order valence-corrected chi connectivity index (χ4v) is 2.69. The van der Waals surface area contributed by atoms with E-state index in [1.54, 1.807) is 12.1 Å². The highest BCUT2D eigenvalue weighted by Crippen LogP contribution is 2.35. The lowest BCUT2D eigenvalue weighted by atomic mass is 10.1. The van der Waals surface area contributed by atoms with Gasteiger partial charge >= 0.3 is 0 Å². The van der Waals surface area contributed by atoms with Crippen molar-refractivity contribution < 1.29 is 9.84 Å². The van der Waals surface area contributed by atoms with Crippen LogP contribution in [0.4, 0.5) is 0 Å². The first kappa shape index (κ1) is 10.9. The van der Waals surface area contributed by atoms with Crippen LogP contribution in [0, 0.1) is 0 Å². The highest BCUT2D eigenvalue weighted by atomic mass is 16.5. The fraction of sp³-hybridized carbons (Fsp3) is 0.538. The molecule has 0 aromatic heterocycles. The standard InChI is InChI=1S/C13H18N2O2/c1-15-5-4-9(7-15)14-12-8-17-13-6-10(16)2-3-11(12)13/h2-3,6,9,12,14,16H,4-5,7-8H2,1H3. The second-order valence-electron chi connectivity index (χ2n) is 5.00. The average molecular weight is 234 g/mol. The lowest BCUT2D eigenvalue weighted by molar-refractivity contribution is 0.294. The normalized spacial score (nSPS) is 28.1. The van der Waals surface area contributed by atoms with Crippen LogP contribution in [0.1, 0.15) is 18.0 Å².